The topological polar surface area (TPSA) is 108 Å². The van der Waals surface area contributed by atoms with Crippen molar-refractivity contribution in [3.63, 3.8) is 0 Å². The minimum Gasteiger partial charge on any atom is -0.480 e. The van der Waals surface area contributed by atoms with E-state index in [9.17, 15) is 14.4 Å². The number of aliphatic carboxylic acids is 1. The molecule has 0 rings (SSSR count). The number of carbonyl (C=O) groups is 3. The molecular weight excluding hydrogens is 226 g/mol. The number of carboxylic acid groups (broad SMARTS) is 1. The Labute approximate surface area is 100.0 Å². The zero-order valence-electron chi connectivity index (χ0n) is 10.3. The average Bonchev–Trinajstić information content (AvgIpc) is 2.23. The van der Waals surface area contributed by atoms with Gasteiger partial charge in [0.25, 0.3) is 0 Å². The quantitative estimate of drug-likeness (QED) is 0.481. The van der Waals surface area contributed by atoms with Crippen LogP contribution in [0.5, 0.6) is 0 Å². The summed E-state index contributed by atoms with van der Waals surface area (Å²) in [5.74, 6) is -1.27. The Bertz CT molecular complexity index is 306. The summed E-state index contributed by atoms with van der Waals surface area (Å²) in [6.45, 7) is 5.02. The maximum Gasteiger partial charge on any atom is 0.329 e. The highest BCUT2D eigenvalue weighted by Crippen LogP contribution is 2.08. The molecule has 0 heterocycles. The molecule has 1 atom stereocenters. The van der Waals surface area contributed by atoms with E-state index >= 15 is 0 Å². The van der Waals surface area contributed by atoms with Gasteiger partial charge >= 0.3 is 12.0 Å². The molecule has 0 fully saturated rings. The van der Waals surface area contributed by atoms with Gasteiger partial charge in [0, 0.05) is 20.0 Å². The first-order valence-electron chi connectivity index (χ1n) is 5.35. The van der Waals surface area contributed by atoms with E-state index in [-0.39, 0.29) is 18.9 Å². The van der Waals surface area contributed by atoms with Crippen molar-refractivity contribution in [2.75, 3.05) is 13.1 Å². The fourth-order valence-corrected chi connectivity index (χ4v) is 1.00. The Kier molecular flexibility index (Phi) is 6.01. The van der Waals surface area contributed by atoms with Crippen molar-refractivity contribution in [2.45, 2.75) is 32.7 Å². The van der Waals surface area contributed by atoms with Crippen molar-refractivity contribution in [2.24, 2.45) is 0 Å². The maximum absolute atomic E-state index is 11.4. The Morgan fingerprint density at radius 3 is 2.12 bits per heavy atom. The van der Waals surface area contributed by atoms with E-state index in [0.29, 0.717) is 6.54 Å². The highest BCUT2D eigenvalue weighted by Gasteiger charge is 2.32. The van der Waals surface area contributed by atoms with Crippen molar-refractivity contribution in [3.05, 3.63) is 0 Å². The van der Waals surface area contributed by atoms with Gasteiger partial charge in [0.1, 0.15) is 5.54 Å². The first-order chi connectivity index (χ1) is 7.81. The first-order valence-corrected chi connectivity index (χ1v) is 5.35. The van der Waals surface area contributed by atoms with Crippen molar-refractivity contribution in [1.82, 2.24) is 16.0 Å². The second-order valence-corrected chi connectivity index (χ2v) is 3.85. The van der Waals surface area contributed by atoms with E-state index in [1.165, 1.54) is 13.8 Å². The molecule has 0 aliphatic heterocycles. The third kappa shape index (κ3) is 5.74. The molecule has 0 radical (unpaired) electrons. The molecule has 0 bridgehead atoms. The molecule has 7 heteroatoms. The van der Waals surface area contributed by atoms with Crippen LogP contribution in [0.25, 0.3) is 0 Å². The zero-order valence-corrected chi connectivity index (χ0v) is 10.3. The van der Waals surface area contributed by atoms with Crippen LogP contribution in [0.15, 0.2) is 0 Å². The smallest absolute Gasteiger partial charge is 0.329 e. The molecule has 3 amide bonds. The van der Waals surface area contributed by atoms with Gasteiger partial charge in [0.05, 0.1) is 0 Å². The average molecular weight is 245 g/mol. The normalized spacial score (nSPS) is 13.4. The van der Waals surface area contributed by atoms with Gasteiger partial charge in [-0.25, -0.2) is 9.59 Å². The highest BCUT2D eigenvalue weighted by atomic mass is 16.4. The van der Waals surface area contributed by atoms with Crippen molar-refractivity contribution < 1.29 is 19.5 Å². The molecule has 0 saturated carbocycles. The number of urea groups is 1. The number of hydrogen-bond acceptors (Lipinski definition) is 3. The molecule has 0 aliphatic carbocycles. The van der Waals surface area contributed by atoms with E-state index in [4.69, 9.17) is 5.11 Å². The lowest BCUT2D eigenvalue weighted by Gasteiger charge is -2.24. The lowest BCUT2D eigenvalue weighted by molar-refractivity contribution is -0.143. The molecule has 98 valence electrons. The first kappa shape index (κ1) is 15.2. The fraction of sp³-hybridized carbons (Fsp3) is 0.700. The van der Waals surface area contributed by atoms with Gasteiger partial charge in [0.2, 0.25) is 5.91 Å². The lowest BCUT2D eigenvalue weighted by Crippen LogP contribution is -2.55. The highest BCUT2D eigenvalue weighted by molar-refractivity contribution is 5.85. The minimum absolute atomic E-state index is 0.184. The van der Waals surface area contributed by atoms with Gasteiger partial charge < -0.3 is 21.1 Å². The molecule has 0 saturated heterocycles. The van der Waals surface area contributed by atoms with Crippen LogP contribution < -0.4 is 16.0 Å². The third-order valence-electron chi connectivity index (χ3n) is 2.35. The Morgan fingerprint density at radius 2 is 1.71 bits per heavy atom. The summed E-state index contributed by atoms with van der Waals surface area (Å²) in [6.07, 6.45) is 0.279. The van der Waals surface area contributed by atoms with Gasteiger partial charge in [-0.3, -0.25) is 4.79 Å². The molecule has 0 aromatic carbocycles. The van der Waals surface area contributed by atoms with E-state index < -0.39 is 17.5 Å². The third-order valence-corrected chi connectivity index (χ3v) is 2.35. The molecule has 7 nitrogen and oxygen atoms in total. The van der Waals surface area contributed by atoms with Gasteiger partial charge in [-0.15, -0.1) is 0 Å². The monoisotopic (exact) mass is 245 g/mol. The Morgan fingerprint density at radius 1 is 1.18 bits per heavy atom. The zero-order chi connectivity index (χ0) is 13.5. The predicted molar refractivity (Wildman–Crippen MR) is 61.5 cm³/mol. The van der Waals surface area contributed by atoms with Crippen LogP contribution in [-0.4, -0.2) is 41.6 Å². The summed E-state index contributed by atoms with van der Waals surface area (Å²) in [6, 6.07) is -0.567. The number of rotatable bonds is 6. The summed E-state index contributed by atoms with van der Waals surface area (Å²) >= 11 is 0. The van der Waals surface area contributed by atoms with Crippen LogP contribution >= 0.6 is 0 Å². The second-order valence-electron chi connectivity index (χ2n) is 3.85. The summed E-state index contributed by atoms with van der Waals surface area (Å²) in [5, 5.41) is 16.3. The van der Waals surface area contributed by atoms with E-state index in [0.717, 1.165) is 0 Å². The summed E-state index contributed by atoms with van der Waals surface area (Å²) in [5.41, 5.74) is -1.28. The van der Waals surface area contributed by atoms with E-state index in [1.54, 1.807) is 6.92 Å². The maximum atomic E-state index is 11.4. The summed E-state index contributed by atoms with van der Waals surface area (Å²) < 4.78 is 0. The van der Waals surface area contributed by atoms with Gasteiger partial charge in [-0.05, 0) is 13.3 Å². The molecule has 0 aromatic rings. The van der Waals surface area contributed by atoms with Crippen molar-refractivity contribution in [3.8, 4) is 0 Å². The van der Waals surface area contributed by atoms with Crippen LogP contribution in [0.3, 0.4) is 0 Å². The molecule has 4 N–H and O–H groups in total. The summed E-state index contributed by atoms with van der Waals surface area (Å²) in [7, 11) is 0. The standard InChI is InChI=1S/C10H19N3O4/c1-4-10(3,8(15)16)13-9(17)12-6-5-11-7(2)14/h4-6H2,1-3H3,(H,11,14)(H,15,16)(H2,12,13,17). The van der Waals surface area contributed by atoms with Crippen LogP contribution in [-0.2, 0) is 9.59 Å². The van der Waals surface area contributed by atoms with Gasteiger partial charge in [0.15, 0.2) is 0 Å². The number of hydrogen-bond donors (Lipinski definition) is 4. The number of nitrogens with one attached hydrogen (secondary N) is 3. The second kappa shape index (κ2) is 6.72. The minimum atomic E-state index is -1.28. The molecular formula is C10H19N3O4. The van der Waals surface area contributed by atoms with Crippen LogP contribution in [0.4, 0.5) is 4.79 Å². The Hall–Kier alpha value is -1.79. The number of amides is 3. The number of carbonyl (C=O) groups excluding carboxylic acids is 2. The van der Waals surface area contributed by atoms with E-state index in [1.807, 2.05) is 0 Å². The molecule has 0 aromatic heterocycles. The largest absolute Gasteiger partial charge is 0.480 e. The van der Waals surface area contributed by atoms with Gasteiger partial charge in [-0.1, -0.05) is 6.92 Å². The summed E-state index contributed by atoms with van der Waals surface area (Å²) in [4.78, 5) is 32.8. The molecule has 1 unspecified atom stereocenters. The van der Waals surface area contributed by atoms with Crippen LogP contribution in [0, 0.1) is 0 Å². The van der Waals surface area contributed by atoms with Crippen molar-refractivity contribution in [1.29, 1.82) is 0 Å². The SMILES string of the molecule is CCC(C)(NC(=O)NCCNC(C)=O)C(=O)O. The predicted octanol–water partition coefficient (Wildman–Crippen LogP) is -0.325. The van der Waals surface area contributed by atoms with Crippen molar-refractivity contribution >= 4 is 17.9 Å². The lowest BCUT2D eigenvalue weighted by atomic mass is 10.00. The van der Waals surface area contributed by atoms with Crippen LogP contribution in [0.2, 0.25) is 0 Å². The molecule has 0 aliphatic rings. The molecule has 0 spiro atoms. The molecule has 17 heavy (non-hydrogen) atoms. The number of carboxylic acids is 1. The van der Waals surface area contributed by atoms with E-state index in [2.05, 4.69) is 16.0 Å². The fourth-order valence-electron chi connectivity index (χ4n) is 1.00. The van der Waals surface area contributed by atoms with Crippen LogP contribution in [0.1, 0.15) is 27.2 Å². The Balaban J connectivity index is 4.00. The van der Waals surface area contributed by atoms with Gasteiger partial charge in [-0.2, -0.15) is 0 Å².